The quantitative estimate of drug-likeness (QED) is 0.115. The zero-order chi connectivity index (χ0) is 81.3. The minimum atomic E-state index is -1.46. The summed E-state index contributed by atoms with van der Waals surface area (Å²) in [7, 11) is -1.46. The van der Waals surface area contributed by atoms with Crippen molar-refractivity contribution in [2.24, 2.45) is 23.7 Å². The molecule has 8 bridgehead atoms. The number of hydrogen-bond acceptors (Lipinski definition) is 8. The van der Waals surface area contributed by atoms with Crippen LogP contribution < -0.4 is 5.46 Å². The second-order valence-corrected chi connectivity index (χ2v) is 40.2. The van der Waals surface area contributed by atoms with E-state index in [1.807, 2.05) is 18.2 Å². The van der Waals surface area contributed by atoms with Crippen LogP contribution in [0.25, 0.3) is 78.9 Å². The van der Waals surface area contributed by atoms with E-state index in [1.165, 1.54) is 150 Å². The van der Waals surface area contributed by atoms with Crippen molar-refractivity contribution >= 4 is 28.5 Å². The van der Waals surface area contributed by atoms with Gasteiger partial charge < -0.3 is 10.0 Å². The lowest BCUT2D eigenvalue weighted by Gasteiger charge is -2.63. The maximum absolute atomic E-state index is 9.25. The highest BCUT2D eigenvalue weighted by molar-refractivity contribution is 9.10. The van der Waals surface area contributed by atoms with Crippen LogP contribution in [0.5, 0.6) is 0 Å². The van der Waals surface area contributed by atoms with Crippen LogP contribution >= 0.6 is 15.9 Å². The molecule has 8 fully saturated rings. The molecule has 2 heterocycles. The van der Waals surface area contributed by atoms with Crippen molar-refractivity contribution in [3.8, 4) is 91.1 Å². The number of halogens is 1. The molecular formula is C106H108BBrN6O2. The summed E-state index contributed by atoms with van der Waals surface area (Å²) in [6.45, 7) is 27.1. The summed E-state index contributed by atoms with van der Waals surface area (Å²) in [5.74, 6) is 4.74. The summed E-state index contributed by atoms with van der Waals surface area (Å²) in [5.41, 5.74) is 27.1. The third-order valence-electron chi connectivity index (χ3n) is 26.9. The Morgan fingerprint density at radius 3 is 0.776 bits per heavy atom. The summed E-state index contributed by atoms with van der Waals surface area (Å²) in [4.78, 5) is 20.9. The largest absolute Gasteiger partial charge is 0.488 e. The fourth-order valence-corrected chi connectivity index (χ4v) is 21.7. The third-order valence-corrected chi connectivity index (χ3v) is 27.4. The van der Waals surface area contributed by atoms with Crippen molar-refractivity contribution in [2.45, 2.75) is 203 Å². The van der Waals surface area contributed by atoms with Crippen LogP contribution in [0, 0.1) is 46.3 Å². The number of benzene rings is 10. The second kappa shape index (κ2) is 31.0. The highest BCUT2D eigenvalue weighted by atomic mass is 79.9. The Morgan fingerprint density at radius 2 is 0.534 bits per heavy atom. The van der Waals surface area contributed by atoms with E-state index in [2.05, 4.69) is 323 Å². The zero-order valence-corrected chi connectivity index (χ0v) is 71.2. The molecule has 2 N–H and O–H groups in total. The average molecular weight is 1590 g/mol. The third kappa shape index (κ3) is 16.5. The van der Waals surface area contributed by atoms with Crippen molar-refractivity contribution in [3.05, 3.63) is 315 Å². The maximum Gasteiger partial charge on any atom is 0.488 e. The first-order chi connectivity index (χ1) is 55.3. The van der Waals surface area contributed by atoms with Crippen molar-refractivity contribution in [3.63, 3.8) is 0 Å². The zero-order valence-electron chi connectivity index (χ0n) is 69.6. The summed E-state index contributed by atoms with van der Waals surface area (Å²) < 4.78 is 1.17. The van der Waals surface area contributed by atoms with Gasteiger partial charge in [-0.1, -0.05) is 305 Å². The van der Waals surface area contributed by atoms with Crippen LogP contribution in [0.3, 0.4) is 0 Å². The molecule has 8 aliphatic carbocycles. The van der Waals surface area contributed by atoms with Gasteiger partial charge in [-0.3, -0.25) is 0 Å². The molecule has 20 rings (SSSR count). The summed E-state index contributed by atoms with van der Waals surface area (Å²) in [6, 6.07) is 95.7. The van der Waals surface area contributed by atoms with Gasteiger partial charge >= 0.3 is 7.12 Å². The molecule has 8 saturated carbocycles. The van der Waals surface area contributed by atoms with E-state index >= 15 is 0 Å². The fourth-order valence-electron chi connectivity index (χ4n) is 21.4. The summed E-state index contributed by atoms with van der Waals surface area (Å²) in [5, 5.41) is 35.0. The smallest absolute Gasteiger partial charge is 0.423 e. The summed E-state index contributed by atoms with van der Waals surface area (Å²) in [6.07, 6.45) is 15.8. The van der Waals surface area contributed by atoms with Crippen LogP contribution in [0.4, 0.5) is 0 Å². The molecule has 0 spiro atoms. The number of rotatable bonds is 12. The first kappa shape index (κ1) is 79.6. The van der Waals surface area contributed by atoms with Crippen LogP contribution in [0.15, 0.2) is 259 Å². The van der Waals surface area contributed by atoms with Crippen LogP contribution in [0.1, 0.15) is 216 Å². The first-order valence-electron chi connectivity index (χ1n) is 42.0. The molecule has 2 aromatic heterocycles. The molecule has 584 valence electrons. The molecule has 12 aromatic rings. The van der Waals surface area contributed by atoms with Crippen molar-refractivity contribution in [2.75, 3.05) is 0 Å². The van der Waals surface area contributed by atoms with E-state index in [4.69, 9.17) is 35.2 Å². The number of nitriles is 2. The Balaban J connectivity index is 0.000000155. The lowest BCUT2D eigenvalue weighted by atomic mass is 9.41. The van der Waals surface area contributed by atoms with Gasteiger partial charge in [0.1, 0.15) is 0 Å². The molecule has 0 radical (unpaired) electrons. The number of hydrogen-bond donors (Lipinski definition) is 2. The van der Waals surface area contributed by atoms with Gasteiger partial charge in [0.2, 0.25) is 0 Å². The van der Waals surface area contributed by atoms with E-state index < -0.39 is 7.12 Å². The Morgan fingerprint density at radius 1 is 0.310 bits per heavy atom. The van der Waals surface area contributed by atoms with Crippen molar-refractivity contribution in [1.82, 2.24) is 19.9 Å². The molecule has 0 amide bonds. The predicted octanol–water partition coefficient (Wildman–Crippen LogP) is 25.3. The highest BCUT2D eigenvalue weighted by Crippen LogP contribution is 2.68. The van der Waals surface area contributed by atoms with Crippen molar-refractivity contribution in [1.29, 1.82) is 10.5 Å². The van der Waals surface area contributed by atoms with E-state index in [9.17, 15) is 5.26 Å². The van der Waals surface area contributed by atoms with Gasteiger partial charge in [0, 0.05) is 37.9 Å². The van der Waals surface area contributed by atoms with Crippen molar-refractivity contribution < 1.29 is 10.0 Å². The lowest BCUT2D eigenvalue weighted by Crippen LogP contribution is -2.55. The molecule has 4 atom stereocenters. The molecule has 10 aromatic carbocycles. The number of aromatic nitrogens is 4. The molecule has 8 nitrogen and oxygen atoms in total. The molecule has 116 heavy (non-hydrogen) atoms. The normalized spacial score (nSPS) is 22.3. The molecule has 8 aliphatic rings. The SMILES string of the molecule is CC(C)(C)c1ccc(-c2cc(-c3ccc(C(C)(C)C)cc3)nc(-c3ccc(C45CC6CC(CC(c7ccc(-c8ccc(C#N)cc8)cc7)(C6)C4)C5)cc3)n2)cc1.CC(C)(C)c1ccc(-c2cc(-c3ccc(C(C)(C)C)cc3)nc(-c3ccc(C45CC6CC(CC(c7ccc(Br)cc7)(C6)C4)C5)cc3)n2)cc1.N#Cc1ccc(B(O)O)cc1. The van der Waals surface area contributed by atoms with Gasteiger partial charge in [-0.05, 0) is 254 Å². The number of nitrogens with zero attached hydrogens (tertiary/aromatic N) is 6. The highest BCUT2D eigenvalue weighted by Gasteiger charge is 2.60. The maximum atomic E-state index is 9.25. The van der Waals surface area contributed by atoms with E-state index in [0.717, 1.165) is 97.0 Å². The predicted molar refractivity (Wildman–Crippen MR) is 479 cm³/mol. The molecule has 0 saturated heterocycles. The minimum Gasteiger partial charge on any atom is -0.423 e. The Bertz CT molecular complexity index is 5440. The van der Waals surface area contributed by atoms with Gasteiger partial charge in [0.25, 0.3) is 0 Å². The van der Waals surface area contributed by atoms with Gasteiger partial charge in [-0.15, -0.1) is 0 Å². The van der Waals surface area contributed by atoms with Crippen LogP contribution in [-0.4, -0.2) is 37.1 Å². The Kier molecular flexibility index (Phi) is 21.3. The minimum absolute atomic E-state index is 0.0885. The van der Waals surface area contributed by atoms with Gasteiger partial charge in [0.05, 0.1) is 46.0 Å². The van der Waals surface area contributed by atoms with Crippen LogP contribution in [0.2, 0.25) is 0 Å². The topological polar surface area (TPSA) is 140 Å². The van der Waals surface area contributed by atoms with Gasteiger partial charge in [0.15, 0.2) is 11.6 Å². The summed E-state index contributed by atoms with van der Waals surface area (Å²) >= 11 is 3.67. The van der Waals surface area contributed by atoms with Gasteiger partial charge in [-0.25, -0.2) is 19.9 Å². The van der Waals surface area contributed by atoms with E-state index in [-0.39, 0.29) is 37.9 Å². The van der Waals surface area contributed by atoms with Gasteiger partial charge in [-0.2, -0.15) is 10.5 Å². The van der Waals surface area contributed by atoms with E-state index in [0.29, 0.717) is 22.0 Å². The van der Waals surface area contributed by atoms with Crippen LogP contribution in [-0.2, 0) is 43.3 Å². The fraction of sp³-hybridized carbons (Fsp3) is 0.340. The molecule has 10 heteroatoms. The monoisotopic (exact) mass is 1590 g/mol. The average Bonchev–Trinajstić information content (AvgIpc) is 0.708. The Hall–Kier alpha value is -10.2. The molecule has 4 unspecified atom stereocenters. The Labute approximate surface area is 697 Å². The second-order valence-electron chi connectivity index (χ2n) is 39.3. The molecule has 0 aliphatic heterocycles. The first-order valence-corrected chi connectivity index (χ1v) is 42.8. The van der Waals surface area contributed by atoms with E-state index in [1.54, 1.807) is 5.56 Å². The molecular weight excluding hydrogens is 1480 g/mol. The lowest BCUT2D eigenvalue weighted by molar-refractivity contribution is -0.0282. The standard InChI is InChI=1S/C53H53N3.C46H49BrN2.C7H6BNO2/c1-50(2,3)43-19-13-40(14-20-43)47-28-48(41-15-21-44(22-16-41)51(4,5)6)56-49(55-47)42-17-25-46(26-18-42)53-31-36-27-37(32-53)30-52(29-36,34-53)45-23-11-39(12-24-45)38-9-7-35(33-54)8-10-38;1-43(2,3)35-13-7-32(8-14-35)40-24-41(33-9-15-36(16-10-33)44(4,5)6)49-42(48-40)34-11-17-37(18-12-34)45-25-30-23-31(26-45)28-46(27-30,29-45)38-19-21-39(47)22-20-38;9-5-6-1-3-7(4-2-6)8(10)11/h7-26,28,36-37H,27,29-32,34H2,1-6H3;7-22,24,30-31H,23,25-29H2,1-6H3;1-4,10-11H.